The number of piperazine rings is 1. The third kappa shape index (κ3) is 5.89. The number of carbonyl (C=O) groups is 2. The maximum atomic E-state index is 12.9. The number of nitrogens with zero attached hydrogens (tertiary/aromatic N) is 5. The molecule has 0 unspecified atom stereocenters. The van der Waals surface area contributed by atoms with Crippen molar-refractivity contribution in [3.8, 4) is 11.3 Å². The Labute approximate surface area is 204 Å². The Morgan fingerprint density at radius 1 is 0.971 bits per heavy atom. The predicted octanol–water partition coefficient (Wildman–Crippen LogP) is 3.39. The van der Waals surface area contributed by atoms with Gasteiger partial charge in [0, 0.05) is 68.3 Å². The normalized spacial score (nSPS) is 14.0. The van der Waals surface area contributed by atoms with Crippen LogP contribution < -0.4 is 5.32 Å². The predicted molar refractivity (Wildman–Crippen MR) is 133 cm³/mol. The molecule has 9 heteroatoms. The number of benzene rings is 2. The lowest BCUT2D eigenvalue weighted by Crippen LogP contribution is -2.51. The molecule has 0 saturated carbocycles. The van der Waals surface area contributed by atoms with Crippen LogP contribution in [0.2, 0.25) is 5.02 Å². The fraction of sp³-hybridized carbons (Fsp3) is 0.280. The number of anilines is 2. The number of aromatic nitrogens is 2. The van der Waals surface area contributed by atoms with Crippen molar-refractivity contribution in [1.82, 2.24) is 24.7 Å². The molecule has 0 atom stereocenters. The summed E-state index contributed by atoms with van der Waals surface area (Å²) in [4.78, 5) is 39.2. The SMILES string of the molecule is CN(C)C(=O)CN1CCN(C(=O)c2ccc(Nc3nccc(-c4ccc(Cl)cc4)n3)cc2)CC1. The van der Waals surface area contributed by atoms with Crippen LogP contribution in [0.5, 0.6) is 0 Å². The molecule has 0 bridgehead atoms. The number of carbonyl (C=O) groups excluding carboxylic acids is 2. The third-order valence-electron chi connectivity index (χ3n) is 5.70. The molecule has 1 aromatic heterocycles. The topological polar surface area (TPSA) is 81.7 Å². The molecule has 0 aliphatic carbocycles. The highest BCUT2D eigenvalue weighted by molar-refractivity contribution is 6.30. The van der Waals surface area contributed by atoms with Gasteiger partial charge in [0.25, 0.3) is 5.91 Å². The molecule has 176 valence electrons. The van der Waals surface area contributed by atoms with Crippen LogP contribution in [0.1, 0.15) is 10.4 Å². The first-order valence-electron chi connectivity index (χ1n) is 11.1. The largest absolute Gasteiger partial charge is 0.348 e. The zero-order chi connectivity index (χ0) is 24.1. The Kier molecular flexibility index (Phi) is 7.40. The van der Waals surface area contributed by atoms with Crippen LogP contribution in [0.4, 0.5) is 11.6 Å². The van der Waals surface area contributed by atoms with Crippen molar-refractivity contribution in [2.45, 2.75) is 0 Å². The summed E-state index contributed by atoms with van der Waals surface area (Å²) in [7, 11) is 3.51. The second kappa shape index (κ2) is 10.6. The van der Waals surface area contributed by atoms with Gasteiger partial charge in [-0.15, -0.1) is 0 Å². The third-order valence-corrected chi connectivity index (χ3v) is 5.95. The first-order chi connectivity index (χ1) is 16.4. The quantitative estimate of drug-likeness (QED) is 0.585. The lowest BCUT2D eigenvalue weighted by atomic mass is 10.1. The van der Waals surface area contributed by atoms with Crippen LogP contribution in [0, 0.1) is 0 Å². The second-order valence-electron chi connectivity index (χ2n) is 8.33. The lowest BCUT2D eigenvalue weighted by molar-refractivity contribution is -0.130. The van der Waals surface area contributed by atoms with Crippen molar-refractivity contribution in [2.75, 3.05) is 52.1 Å². The summed E-state index contributed by atoms with van der Waals surface area (Å²) in [6.45, 7) is 2.96. The van der Waals surface area contributed by atoms with Crippen LogP contribution in [0.25, 0.3) is 11.3 Å². The zero-order valence-electron chi connectivity index (χ0n) is 19.2. The molecule has 2 heterocycles. The van der Waals surface area contributed by atoms with E-state index in [4.69, 9.17) is 11.6 Å². The highest BCUT2D eigenvalue weighted by Crippen LogP contribution is 2.22. The van der Waals surface area contributed by atoms with Crippen LogP contribution in [0.3, 0.4) is 0 Å². The van der Waals surface area contributed by atoms with Gasteiger partial charge in [0.1, 0.15) is 0 Å². The van der Waals surface area contributed by atoms with E-state index in [0.29, 0.717) is 49.3 Å². The van der Waals surface area contributed by atoms with Gasteiger partial charge in [0.2, 0.25) is 11.9 Å². The molecule has 1 aliphatic rings. The highest BCUT2D eigenvalue weighted by atomic mass is 35.5. The molecule has 2 aromatic carbocycles. The maximum absolute atomic E-state index is 12.9. The highest BCUT2D eigenvalue weighted by Gasteiger charge is 2.23. The van der Waals surface area contributed by atoms with Crippen LogP contribution in [-0.2, 0) is 4.79 Å². The molecule has 0 radical (unpaired) electrons. The van der Waals surface area contributed by atoms with Gasteiger partial charge in [-0.3, -0.25) is 14.5 Å². The van der Waals surface area contributed by atoms with E-state index in [9.17, 15) is 9.59 Å². The van der Waals surface area contributed by atoms with E-state index in [1.165, 1.54) is 0 Å². The number of amides is 2. The number of hydrogen-bond donors (Lipinski definition) is 1. The number of rotatable bonds is 6. The number of likely N-dealkylation sites (N-methyl/N-ethyl adjacent to an activating group) is 1. The lowest BCUT2D eigenvalue weighted by Gasteiger charge is -2.34. The van der Waals surface area contributed by atoms with E-state index in [0.717, 1.165) is 16.9 Å². The van der Waals surface area contributed by atoms with E-state index in [-0.39, 0.29) is 11.8 Å². The van der Waals surface area contributed by atoms with Gasteiger partial charge >= 0.3 is 0 Å². The zero-order valence-corrected chi connectivity index (χ0v) is 20.0. The Morgan fingerprint density at radius 2 is 1.65 bits per heavy atom. The fourth-order valence-corrected chi connectivity index (χ4v) is 3.78. The average molecular weight is 479 g/mol. The summed E-state index contributed by atoms with van der Waals surface area (Å²) in [6.07, 6.45) is 1.70. The minimum Gasteiger partial charge on any atom is -0.348 e. The van der Waals surface area contributed by atoms with Gasteiger partial charge in [0.15, 0.2) is 0 Å². The number of hydrogen-bond acceptors (Lipinski definition) is 6. The Morgan fingerprint density at radius 3 is 2.29 bits per heavy atom. The van der Waals surface area contributed by atoms with Crippen molar-refractivity contribution < 1.29 is 9.59 Å². The average Bonchev–Trinajstić information content (AvgIpc) is 2.85. The van der Waals surface area contributed by atoms with Gasteiger partial charge in [-0.05, 0) is 42.5 Å². The molecule has 8 nitrogen and oxygen atoms in total. The molecule has 1 N–H and O–H groups in total. The van der Waals surface area contributed by atoms with E-state index in [1.807, 2.05) is 47.4 Å². The van der Waals surface area contributed by atoms with Crippen molar-refractivity contribution in [3.63, 3.8) is 0 Å². The smallest absolute Gasteiger partial charge is 0.253 e. The van der Waals surface area contributed by atoms with Crippen molar-refractivity contribution in [2.24, 2.45) is 0 Å². The first kappa shape index (κ1) is 23.7. The minimum absolute atomic E-state index is 0.00822. The maximum Gasteiger partial charge on any atom is 0.253 e. The fourth-order valence-electron chi connectivity index (χ4n) is 3.65. The summed E-state index contributed by atoms with van der Waals surface area (Å²) < 4.78 is 0. The van der Waals surface area contributed by atoms with Gasteiger partial charge < -0.3 is 15.1 Å². The van der Waals surface area contributed by atoms with E-state index in [2.05, 4.69) is 20.2 Å². The van der Waals surface area contributed by atoms with Crippen LogP contribution in [-0.4, -0.2) is 83.3 Å². The number of halogens is 1. The molecule has 1 fully saturated rings. The molecule has 2 amide bonds. The summed E-state index contributed by atoms with van der Waals surface area (Å²) in [5, 5.41) is 3.86. The second-order valence-corrected chi connectivity index (χ2v) is 8.77. The van der Waals surface area contributed by atoms with Crippen molar-refractivity contribution in [3.05, 3.63) is 71.4 Å². The van der Waals surface area contributed by atoms with Gasteiger partial charge in [-0.2, -0.15) is 0 Å². The van der Waals surface area contributed by atoms with Crippen molar-refractivity contribution in [1.29, 1.82) is 0 Å². The monoisotopic (exact) mass is 478 g/mol. The molecule has 3 aromatic rings. The van der Waals surface area contributed by atoms with Crippen molar-refractivity contribution >= 4 is 35.1 Å². The summed E-state index contributed by atoms with van der Waals surface area (Å²) >= 11 is 5.97. The molecular weight excluding hydrogens is 452 g/mol. The first-order valence-corrected chi connectivity index (χ1v) is 11.4. The molecule has 4 rings (SSSR count). The Balaban J connectivity index is 1.35. The van der Waals surface area contributed by atoms with Gasteiger partial charge in [-0.1, -0.05) is 23.7 Å². The molecular formula is C25H27ClN6O2. The molecule has 0 spiro atoms. The molecule has 1 aliphatic heterocycles. The van der Waals surface area contributed by atoms with E-state index >= 15 is 0 Å². The van der Waals surface area contributed by atoms with Crippen LogP contribution >= 0.6 is 11.6 Å². The molecule has 34 heavy (non-hydrogen) atoms. The summed E-state index contributed by atoms with van der Waals surface area (Å²) in [6, 6.07) is 16.6. The Hall–Kier alpha value is -3.49. The molecule has 1 saturated heterocycles. The summed E-state index contributed by atoms with van der Waals surface area (Å²) in [5.74, 6) is 0.534. The Bertz CT molecular complexity index is 1140. The van der Waals surface area contributed by atoms with E-state index < -0.39 is 0 Å². The minimum atomic E-state index is -0.00822. The van der Waals surface area contributed by atoms with Gasteiger partial charge in [-0.25, -0.2) is 9.97 Å². The number of nitrogens with one attached hydrogen (secondary N) is 1. The standard InChI is InChI=1S/C25H27ClN6O2/c1-30(2)23(33)17-31-13-15-32(16-14-31)24(34)19-5-9-21(10-6-19)28-25-27-12-11-22(29-25)18-3-7-20(26)8-4-18/h3-12H,13-17H2,1-2H3,(H,27,28,29). The van der Waals surface area contributed by atoms with Gasteiger partial charge in [0.05, 0.1) is 12.2 Å². The van der Waals surface area contributed by atoms with Crippen LogP contribution in [0.15, 0.2) is 60.8 Å². The summed E-state index contributed by atoms with van der Waals surface area (Å²) in [5.41, 5.74) is 3.14. The van der Waals surface area contributed by atoms with E-state index in [1.54, 1.807) is 37.3 Å².